The van der Waals surface area contributed by atoms with E-state index in [1.165, 1.54) is 6.07 Å². The molecule has 1 atom stereocenters. The van der Waals surface area contributed by atoms with Crippen molar-refractivity contribution in [3.05, 3.63) is 75.9 Å². The summed E-state index contributed by atoms with van der Waals surface area (Å²) < 4.78 is 16.1. The normalized spacial score (nSPS) is 16.9. The van der Waals surface area contributed by atoms with Crippen molar-refractivity contribution in [1.29, 1.82) is 0 Å². The van der Waals surface area contributed by atoms with Crippen molar-refractivity contribution in [2.45, 2.75) is 6.04 Å². The van der Waals surface area contributed by atoms with Crippen molar-refractivity contribution in [1.82, 2.24) is 19.9 Å². The molecular formula is C22H20FN5OS. The minimum absolute atomic E-state index is 0.0689. The van der Waals surface area contributed by atoms with E-state index in [2.05, 4.69) is 20.6 Å². The molecule has 1 aliphatic heterocycles. The summed E-state index contributed by atoms with van der Waals surface area (Å²) in [5, 5.41) is 6.71. The molecule has 6 nitrogen and oxygen atoms in total. The van der Waals surface area contributed by atoms with E-state index >= 15 is 0 Å². The first-order chi connectivity index (χ1) is 14.6. The Hall–Kier alpha value is -3.10. The van der Waals surface area contributed by atoms with Gasteiger partial charge < -0.3 is 10.2 Å². The van der Waals surface area contributed by atoms with Crippen LogP contribution in [0.5, 0.6) is 0 Å². The van der Waals surface area contributed by atoms with Crippen molar-refractivity contribution in [2.75, 3.05) is 24.5 Å². The summed E-state index contributed by atoms with van der Waals surface area (Å²) in [6, 6.07) is 10.2. The highest BCUT2D eigenvalue weighted by Gasteiger charge is 2.26. The smallest absolute Gasteiger partial charge is 0.255 e. The molecular weight excluding hydrogens is 401 g/mol. The molecule has 1 aromatic carbocycles. The highest BCUT2D eigenvalue weighted by Crippen LogP contribution is 2.33. The molecule has 0 saturated carbocycles. The minimum atomic E-state index is -0.221. The summed E-state index contributed by atoms with van der Waals surface area (Å²) in [6.45, 7) is 2.18. The zero-order chi connectivity index (χ0) is 20.7. The molecule has 0 spiro atoms. The first-order valence-corrected chi connectivity index (χ1v) is 10.6. The molecule has 30 heavy (non-hydrogen) atoms. The van der Waals surface area contributed by atoms with Gasteiger partial charge in [-0.05, 0) is 40.6 Å². The third kappa shape index (κ3) is 3.38. The summed E-state index contributed by atoms with van der Waals surface area (Å²) in [5.74, 6) is 0.424. The van der Waals surface area contributed by atoms with Crippen LogP contribution < -0.4 is 15.8 Å². The fraction of sp³-hybridized carbons (Fsp3) is 0.227. The van der Waals surface area contributed by atoms with Crippen LogP contribution in [0.15, 0.2) is 59.0 Å². The molecule has 0 aliphatic carbocycles. The molecule has 0 bridgehead atoms. The predicted molar refractivity (Wildman–Crippen MR) is 117 cm³/mol. The quantitative estimate of drug-likeness (QED) is 0.550. The van der Waals surface area contributed by atoms with E-state index in [0.717, 1.165) is 34.3 Å². The Labute approximate surface area is 176 Å². The van der Waals surface area contributed by atoms with E-state index in [4.69, 9.17) is 4.98 Å². The Balaban J connectivity index is 1.50. The maximum absolute atomic E-state index is 13.6. The third-order valence-corrected chi connectivity index (χ3v) is 6.45. The van der Waals surface area contributed by atoms with Gasteiger partial charge in [0.25, 0.3) is 5.56 Å². The number of hydrogen-bond donors (Lipinski definition) is 1. The number of piperazine rings is 1. The molecule has 0 amide bonds. The number of fused-ring (bicyclic) bond motifs is 1. The molecule has 1 N–H and O–H groups in total. The number of nitrogens with zero attached hydrogens (tertiary/aromatic N) is 4. The van der Waals surface area contributed by atoms with E-state index in [1.54, 1.807) is 47.5 Å². The number of pyridine rings is 1. The van der Waals surface area contributed by atoms with Crippen LogP contribution in [0.25, 0.3) is 21.3 Å². The van der Waals surface area contributed by atoms with Crippen molar-refractivity contribution in [3.8, 4) is 11.3 Å². The second-order valence-corrected chi connectivity index (χ2v) is 8.27. The molecule has 152 valence electrons. The van der Waals surface area contributed by atoms with E-state index in [0.29, 0.717) is 18.2 Å². The van der Waals surface area contributed by atoms with Crippen LogP contribution in [0, 0.1) is 5.82 Å². The molecule has 1 aliphatic rings. The number of hydrogen-bond acceptors (Lipinski definition) is 6. The summed E-state index contributed by atoms with van der Waals surface area (Å²) in [4.78, 5) is 23.6. The molecule has 5 rings (SSSR count). The van der Waals surface area contributed by atoms with Gasteiger partial charge in [-0.2, -0.15) is 0 Å². The third-order valence-electron chi connectivity index (χ3n) is 5.49. The Morgan fingerprint density at radius 2 is 2.03 bits per heavy atom. The van der Waals surface area contributed by atoms with Crippen LogP contribution in [-0.2, 0) is 7.05 Å². The number of aromatic nitrogens is 3. The van der Waals surface area contributed by atoms with Crippen LogP contribution in [0.2, 0.25) is 0 Å². The van der Waals surface area contributed by atoms with Crippen LogP contribution in [-0.4, -0.2) is 34.2 Å². The van der Waals surface area contributed by atoms with Gasteiger partial charge in [-0.25, -0.2) is 9.37 Å². The van der Waals surface area contributed by atoms with Gasteiger partial charge in [0.15, 0.2) is 0 Å². The van der Waals surface area contributed by atoms with Gasteiger partial charge in [0.2, 0.25) is 5.95 Å². The summed E-state index contributed by atoms with van der Waals surface area (Å²) in [7, 11) is 1.75. The van der Waals surface area contributed by atoms with Gasteiger partial charge >= 0.3 is 0 Å². The van der Waals surface area contributed by atoms with Crippen molar-refractivity contribution < 1.29 is 4.39 Å². The van der Waals surface area contributed by atoms with E-state index in [9.17, 15) is 9.18 Å². The van der Waals surface area contributed by atoms with Crippen LogP contribution in [0.3, 0.4) is 0 Å². The van der Waals surface area contributed by atoms with Crippen molar-refractivity contribution in [3.63, 3.8) is 0 Å². The van der Waals surface area contributed by atoms with Gasteiger partial charge in [0.1, 0.15) is 5.82 Å². The van der Waals surface area contributed by atoms with Crippen molar-refractivity contribution >= 4 is 27.4 Å². The second kappa shape index (κ2) is 7.62. The summed E-state index contributed by atoms with van der Waals surface area (Å²) >= 11 is 1.55. The number of nitrogens with one attached hydrogen (secondary N) is 1. The lowest BCUT2D eigenvalue weighted by atomic mass is 10.0. The maximum atomic E-state index is 13.6. The summed E-state index contributed by atoms with van der Waals surface area (Å²) in [6.07, 6.45) is 3.39. The average Bonchev–Trinajstić information content (AvgIpc) is 3.19. The first-order valence-electron chi connectivity index (χ1n) is 9.73. The predicted octanol–water partition coefficient (Wildman–Crippen LogP) is 3.35. The van der Waals surface area contributed by atoms with E-state index < -0.39 is 0 Å². The maximum Gasteiger partial charge on any atom is 0.255 e. The molecule has 8 heteroatoms. The van der Waals surface area contributed by atoms with Gasteiger partial charge in [0.05, 0.1) is 11.7 Å². The lowest BCUT2D eigenvalue weighted by Crippen LogP contribution is -2.47. The second-order valence-electron chi connectivity index (χ2n) is 7.36. The molecule has 3 aromatic heterocycles. The molecule has 1 fully saturated rings. The number of halogens is 1. The number of thiophene rings is 1. The van der Waals surface area contributed by atoms with Gasteiger partial charge in [-0.3, -0.25) is 14.3 Å². The SMILES string of the molecule is Cn1c(N2CCNC(c3csc4cc(F)ccc34)C2)nc(-c2ccncc2)cc1=O. The number of anilines is 1. The Kier molecular flexibility index (Phi) is 4.80. The van der Waals surface area contributed by atoms with E-state index in [1.807, 2.05) is 18.2 Å². The molecule has 4 aromatic rings. The minimum Gasteiger partial charge on any atom is -0.339 e. The average molecular weight is 422 g/mol. The highest BCUT2D eigenvalue weighted by molar-refractivity contribution is 7.17. The summed E-state index contributed by atoms with van der Waals surface area (Å²) in [5.41, 5.74) is 2.55. The fourth-order valence-corrected chi connectivity index (χ4v) is 4.95. The van der Waals surface area contributed by atoms with Crippen molar-refractivity contribution in [2.24, 2.45) is 7.05 Å². The Bertz CT molecular complexity index is 1270. The van der Waals surface area contributed by atoms with Gasteiger partial charge in [-0.15, -0.1) is 11.3 Å². The zero-order valence-corrected chi connectivity index (χ0v) is 17.2. The van der Waals surface area contributed by atoms with E-state index in [-0.39, 0.29) is 17.4 Å². The fourth-order valence-electron chi connectivity index (χ4n) is 3.91. The topological polar surface area (TPSA) is 63.1 Å². The number of rotatable bonds is 3. The lowest BCUT2D eigenvalue weighted by Gasteiger charge is -2.35. The Morgan fingerprint density at radius 3 is 2.87 bits per heavy atom. The standard InChI is InChI=1S/C22H20FN5OS/c1-27-21(29)11-18(14-4-6-24-7-5-14)26-22(27)28-9-8-25-19(12-28)17-13-30-20-10-15(23)2-3-16(17)20/h2-7,10-11,13,19,25H,8-9,12H2,1H3. The Morgan fingerprint density at radius 1 is 1.20 bits per heavy atom. The molecule has 1 saturated heterocycles. The number of benzene rings is 1. The van der Waals surface area contributed by atoms with Gasteiger partial charge in [-0.1, -0.05) is 6.07 Å². The zero-order valence-electron chi connectivity index (χ0n) is 16.4. The monoisotopic (exact) mass is 421 g/mol. The van der Waals surface area contributed by atoms with Crippen LogP contribution in [0.4, 0.5) is 10.3 Å². The first kappa shape index (κ1) is 18.9. The molecule has 1 unspecified atom stereocenters. The molecule has 4 heterocycles. The van der Waals surface area contributed by atoms with Crippen LogP contribution in [0.1, 0.15) is 11.6 Å². The largest absolute Gasteiger partial charge is 0.339 e. The van der Waals surface area contributed by atoms with Crippen LogP contribution >= 0.6 is 11.3 Å². The highest BCUT2D eigenvalue weighted by atomic mass is 32.1. The van der Waals surface area contributed by atoms with Gasteiger partial charge in [0, 0.05) is 55.4 Å². The molecule has 0 radical (unpaired) electrons. The lowest BCUT2D eigenvalue weighted by molar-refractivity contribution is 0.465.